The molecule has 1 atom stereocenters. The third-order valence-electron chi connectivity index (χ3n) is 4.41. The lowest BCUT2D eigenvalue weighted by atomic mass is 10.2. The fourth-order valence-corrected chi connectivity index (χ4v) is 4.66. The van der Waals surface area contributed by atoms with E-state index in [1.807, 2.05) is 25.9 Å². The van der Waals surface area contributed by atoms with Crippen LogP contribution >= 0.6 is 0 Å². The number of nitrogens with one attached hydrogen (secondary N) is 1. The summed E-state index contributed by atoms with van der Waals surface area (Å²) in [6.07, 6.45) is 2.97. The quantitative estimate of drug-likeness (QED) is 0.904. The van der Waals surface area contributed by atoms with Gasteiger partial charge in [0.15, 0.2) is 9.84 Å². The SMILES string of the molecule is CNc1nc(C2CC2)nc(N(C)C2CCS(=O)(=O)C2)c1C. The Kier molecular flexibility index (Phi) is 3.55. The van der Waals surface area contributed by atoms with Crippen LogP contribution in [0.5, 0.6) is 0 Å². The van der Waals surface area contributed by atoms with E-state index >= 15 is 0 Å². The summed E-state index contributed by atoms with van der Waals surface area (Å²) < 4.78 is 23.4. The van der Waals surface area contributed by atoms with Crippen molar-refractivity contribution in [3.63, 3.8) is 0 Å². The van der Waals surface area contributed by atoms with Crippen LogP contribution in [-0.2, 0) is 9.84 Å². The van der Waals surface area contributed by atoms with Crippen LogP contribution in [0.4, 0.5) is 11.6 Å². The molecule has 7 heteroatoms. The second kappa shape index (κ2) is 5.12. The number of hydrogen-bond acceptors (Lipinski definition) is 6. The molecule has 1 aliphatic heterocycles. The largest absolute Gasteiger partial charge is 0.373 e. The summed E-state index contributed by atoms with van der Waals surface area (Å²) in [4.78, 5) is 11.3. The molecule has 6 nitrogen and oxygen atoms in total. The van der Waals surface area contributed by atoms with Crippen LogP contribution in [0.3, 0.4) is 0 Å². The molecule has 116 valence electrons. The second-order valence-electron chi connectivity index (χ2n) is 6.07. The maximum Gasteiger partial charge on any atom is 0.152 e. The molecule has 1 aromatic rings. The first-order chi connectivity index (χ1) is 9.91. The van der Waals surface area contributed by atoms with Crippen molar-refractivity contribution in [1.29, 1.82) is 0 Å². The molecule has 3 rings (SSSR count). The highest BCUT2D eigenvalue weighted by Crippen LogP contribution is 2.40. The Labute approximate surface area is 125 Å². The maximum atomic E-state index is 11.7. The van der Waals surface area contributed by atoms with Crippen molar-refractivity contribution in [3.8, 4) is 0 Å². The van der Waals surface area contributed by atoms with Gasteiger partial charge in [-0.1, -0.05) is 0 Å². The Hall–Kier alpha value is -1.37. The number of rotatable bonds is 4. The average molecular weight is 310 g/mol. The molecule has 1 saturated heterocycles. The van der Waals surface area contributed by atoms with Gasteiger partial charge < -0.3 is 10.2 Å². The molecule has 1 N–H and O–H groups in total. The van der Waals surface area contributed by atoms with Crippen LogP contribution < -0.4 is 10.2 Å². The van der Waals surface area contributed by atoms with Crippen molar-refractivity contribution in [3.05, 3.63) is 11.4 Å². The molecule has 21 heavy (non-hydrogen) atoms. The smallest absolute Gasteiger partial charge is 0.152 e. The van der Waals surface area contributed by atoms with Gasteiger partial charge >= 0.3 is 0 Å². The molecule has 2 aliphatic rings. The van der Waals surface area contributed by atoms with Crippen molar-refractivity contribution >= 4 is 21.5 Å². The topological polar surface area (TPSA) is 75.2 Å². The third kappa shape index (κ3) is 2.84. The second-order valence-corrected chi connectivity index (χ2v) is 8.30. The Morgan fingerprint density at radius 2 is 1.95 bits per heavy atom. The first kappa shape index (κ1) is 14.6. The van der Waals surface area contributed by atoms with E-state index in [4.69, 9.17) is 4.98 Å². The average Bonchev–Trinajstić information content (AvgIpc) is 3.22. The minimum absolute atomic E-state index is 0.0142. The molecule has 2 heterocycles. The van der Waals surface area contributed by atoms with Gasteiger partial charge in [0.1, 0.15) is 17.5 Å². The normalized spacial score (nSPS) is 24.0. The van der Waals surface area contributed by atoms with E-state index in [-0.39, 0.29) is 17.5 Å². The van der Waals surface area contributed by atoms with E-state index < -0.39 is 9.84 Å². The van der Waals surface area contributed by atoms with Crippen LogP contribution in [-0.4, -0.2) is 50.0 Å². The number of hydrogen-bond donors (Lipinski definition) is 1. The van der Waals surface area contributed by atoms with Gasteiger partial charge in [-0.2, -0.15) is 0 Å². The van der Waals surface area contributed by atoms with E-state index in [1.54, 1.807) is 0 Å². The Morgan fingerprint density at radius 1 is 1.24 bits per heavy atom. The molecule has 0 amide bonds. The van der Waals surface area contributed by atoms with E-state index in [0.717, 1.165) is 35.9 Å². The number of sulfone groups is 1. The van der Waals surface area contributed by atoms with Crippen molar-refractivity contribution < 1.29 is 8.42 Å². The number of aromatic nitrogens is 2. The van der Waals surface area contributed by atoms with Crippen molar-refractivity contribution in [2.75, 3.05) is 35.8 Å². The molecule has 1 aromatic heterocycles. The maximum absolute atomic E-state index is 11.7. The fraction of sp³-hybridized carbons (Fsp3) is 0.714. The molecule has 1 aliphatic carbocycles. The lowest BCUT2D eigenvalue weighted by Gasteiger charge is -2.27. The summed E-state index contributed by atoms with van der Waals surface area (Å²) in [5.74, 6) is 3.55. The summed E-state index contributed by atoms with van der Waals surface area (Å²) in [5, 5.41) is 3.12. The van der Waals surface area contributed by atoms with Crippen molar-refractivity contribution in [1.82, 2.24) is 9.97 Å². The number of nitrogens with zero attached hydrogens (tertiary/aromatic N) is 3. The highest BCUT2D eigenvalue weighted by atomic mass is 32.2. The van der Waals surface area contributed by atoms with Crippen LogP contribution in [0.1, 0.15) is 36.6 Å². The molecule has 0 aromatic carbocycles. The predicted octanol–water partition coefficient (Wildman–Crippen LogP) is 1.33. The van der Waals surface area contributed by atoms with Gasteiger partial charge in [0, 0.05) is 31.6 Å². The summed E-state index contributed by atoms with van der Waals surface area (Å²) in [6, 6.07) is 0.0142. The first-order valence-electron chi connectivity index (χ1n) is 7.41. The zero-order valence-electron chi connectivity index (χ0n) is 12.8. The molecule has 1 unspecified atom stereocenters. The number of anilines is 2. The summed E-state index contributed by atoms with van der Waals surface area (Å²) in [7, 11) is 0.907. The molecule has 2 fully saturated rings. The minimum Gasteiger partial charge on any atom is -0.373 e. The van der Waals surface area contributed by atoms with E-state index in [1.165, 1.54) is 0 Å². The van der Waals surface area contributed by atoms with Crippen molar-refractivity contribution in [2.24, 2.45) is 0 Å². The lowest BCUT2D eigenvalue weighted by Crippen LogP contribution is -2.34. The van der Waals surface area contributed by atoms with Gasteiger partial charge in [0.25, 0.3) is 0 Å². The zero-order chi connectivity index (χ0) is 15.2. The Morgan fingerprint density at radius 3 is 2.48 bits per heavy atom. The van der Waals surface area contributed by atoms with E-state index in [0.29, 0.717) is 12.3 Å². The molecule has 0 radical (unpaired) electrons. The van der Waals surface area contributed by atoms with E-state index in [9.17, 15) is 8.42 Å². The summed E-state index contributed by atoms with van der Waals surface area (Å²) in [5.41, 5.74) is 0.980. The Balaban J connectivity index is 1.94. The van der Waals surface area contributed by atoms with Gasteiger partial charge in [0.2, 0.25) is 0 Å². The van der Waals surface area contributed by atoms with Crippen molar-refractivity contribution in [2.45, 2.75) is 38.1 Å². The lowest BCUT2D eigenvalue weighted by molar-refractivity contribution is 0.600. The standard InChI is InChI=1S/C14H22N4O2S/c1-9-12(15-2)16-13(10-4-5-10)17-14(9)18(3)11-6-7-21(19,20)8-11/h10-11H,4-8H2,1-3H3,(H,15,16,17). The van der Waals surface area contributed by atoms with Crippen LogP contribution in [0, 0.1) is 6.92 Å². The van der Waals surface area contributed by atoms with Crippen LogP contribution in [0.25, 0.3) is 0 Å². The summed E-state index contributed by atoms with van der Waals surface area (Å²) >= 11 is 0. The summed E-state index contributed by atoms with van der Waals surface area (Å²) in [6.45, 7) is 1.98. The van der Waals surface area contributed by atoms with E-state index in [2.05, 4.69) is 10.3 Å². The monoisotopic (exact) mass is 310 g/mol. The molecule has 1 saturated carbocycles. The van der Waals surface area contributed by atoms with Crippen LogP contribution in [0.2, 0.25) is 0 Å². The minimum atomic E-state index is -2.89. The van der Waals surface area contributed by atoms with Crippen LogP contribution in [0.15, 0.2) is 0 Å². The molecular formula is C14H22N4O2S. The highest BCUT2D eigenvalue weighted by Gasteiger charge is 2.33. The molecule has 0 bridgehead atoms. The Bertz CT molecular complexity index is 655. The zero-order valence-corrected chi connectivity index (χ0v) is 13.6. The molecular weight excluding hydrogens is 288 g/mol. The molecule has 0 spiro atoms. The third-order valence-corrected chi connectivity index (χ3v) is 6.16. The van der Waals surface area contributed by atoms with Gasteiger partial charge in [-0.25, -0.2) is 18.4 Å². The van der Waals surface area contributed by atoms with Gasteiger partial charge in [0.05, 0.1) is 11.5 Å². The fourth-order valence-electron chi connectivity index (χ4n) is 2.89. The highest BCUT2D eigenvalue weighted by molar-refractivity contribution is 7.91. The van der Waals surface area contributed by atoms with Gasteiger partial charge in [-0.15, -0.1) is 0 Å². The van der Waals surface area contributed by atoms with Gasteiger partial charge in [-0.3, -0.25) is 0 Å². The van der Waals surface area contributed by atoms with Gasteiger partial charge in [-0.05, 0) is 26.2 Å². The predicted molar refractivity (Wildman–Crippen MR) is 83.8 cm³/mol. The first-order valence-corrected chi connectivity index (χ1v) is 9.23.